The highest BCUT2D eigenvalue weighted by Crippen LogP contribution is 2.55. The highest BCUT2D eigenvalue weighted by molar-refractivity contribution is 6.02. The van der Waals surface area contributed by atoms with Gasteiger partial charge in [-0.05, 0) is 43.4 Å². The number of rotatable bonds is 7. The third-order valence-electron chi connectivity index (χ3n) is 8.19. The number of carbonyl (C=O) groups is 3. The van der Waals surface area contributed by atoms with E-state index in [0.717, 1.165) is 24.8 Å². The molecule has 2 bridgehead atoms. The minimum atomic E-state index is -1.15. The molecular formula is C27H35N3O5. The van der Waals surface area contributed by atoms with Crippen molar-refractivity contribution in [2.24, 2.45) is 17.8 Å². The molecule has 8 nitrogen and oxygen atoms in total. The van der Waals surface area contributed by atoms with E-state index < -0.39 is 29.6 Å². The molecule has 8 heteroatoms. The van der Waals surface area contributed by atoms with Crippen LogP contribution in [0.3, 0.4) is 0 Å². The van der Waals surface area contributed by atoms with Crippen molar-refractivity contribution in [2.75, 3.05) is 25.6 Å². The number of hydrogen-bond acceptors (Lipinski definition) is 5. The quantitative estimate of drug-likeness (QED) is 0.583. The molecule has 35 heavy (non-hydrogen) atoms. The van der Waals surface area contributed by atoms with E-state index in [2.05, 4.69) is 17.6 Å². The number of carbonyl (C=O) groups excluding carboxylic acids is 3. The van der Waals surface area contributed by atoms with Gasteiger partial charge in [0.2, 0.25) is 17.7 Å². The van der Waals surface area contributed by atoms with E-state index in [-0.39, 0.29) is 30.3 Å². The fraction of sp³-hybridized carbons (Fsp3) is 0.593. The Morgan fingerprint density at radius 1 is 1.23 bits per heavy atom. The standard InChI is InChI=1S/C27H35N3O5/c1-16-7-6-9-18(15-16)28-24(31)21-20-11-12-27(35-20)22(21)26(33)30(13-14-34-3)23(27)25(32)29-19-10-5-4-8-17(19)2/h6-7,9,11-12,15,17,19-23H,4-5,8,10,13-14H2,1-3H3,(H,28,31)(H,29,32)/t17-,19-,20-,21-,22-,23+,27+/m1/s1. The Morgan fingerprint density at radius 3 is 2.77 bits per heavy atom. The van der Waals surface area contributed by atoms with E-state index in [1.54, 1.807) is 12.0 Å². The second-order valence-corrected chi connectivity index (χ2v) is 10.5. The number of likely N-dealkylation sites (tertiary alicyclic amines) is 1. The molecule has 3 aliphatic heterocycles. The summed E-state index contributed by atoms with van der Waals surface area (Å²) in [6.45, 7) is 4.68. The van der Waals surface area contributed by atoms with Gasteiger partial charge in [0.15, 0.2) is 0 Å². The average molecular weight is 482 g/mol. The van der Waals surface area contributed by atoms with Crippen molar-refractivity contribution >= 4 is 23.4 Å². The molecule has 1 spiro atoms. The summed E-state index contributed by atoms with van der Waals surface area (Å²) in [5, 5.41) is 6.19. The summed E-state index contributed by atoms with van der Waals surface area (Å²) in [6.07, 6.45) is 7.42. The van der Waals surface area contributed by atoms with Crippen molar-refractivity contribution in [2.45, 2.75) is 63.3 Å². The minimum Gasteiger partial charge on any atom is -0.383 e. The van der Waals surface area contributed by atoms with Crippen LogP contribution in [0, 0.1) is 24.7 Å². The monoisotopic (exact) mass is 481 g/mol. The van der Waals surface area contributed by atoms with Crippen LogP contribution in [0.1, 0.15) is 38.2 Å². The number of ether oxygens (including phenoxy) is 2. The van der Waals surface area contributed by atoms with E-state index in [1.165, 1.54) is 6.42 Å². The lowest BCUT2D eigenvalue weighted by molar-refractivity contribution is -0.142. The molecule has 5 rings (SSSR count). The van der Waals surface area contributed by atoms with Crippen molar-refractivity contribution in [3.8, 4) is 0 Å². The normalized spacial score (nSPS) is 35.3. The zero-order valence-electron chi connectivity index (χ0n) is 20.7. The molecule has 2 N–H and O–H groups in total. The molecule has 0 radical (unpaired) electrons. The van der Waals surface area contributed by atoms with Crippen LogP contribution in [0.25, 0.3) is 0 Å². The molecule has 1 saturated carbocycles. The molecule has 3 heterocycles. The van der Waals surface area contributed by atoms with E-state index in [0.29, 0.717) is 18.2 Å². The Bertz CT molecular complexity index is 1040. The molecule has 1 aromatic carbocycles. The van der Waals surface area contributed by atoms with Gasteiger partial charge in [0.1, 0.15) is 11.6 Å². The second-order valence-electron chi connectivity index (χ2n) is 10.5. The maximum absolute atomic E-state index is 13.8. The Morgan fingerprint density at radius 2 is 2.03 bits per heavy atom. The van der Waals surface area contributed by atoms with Crippen molar-refractivity contribution in [1.82, 2.24) is 10.2 Å². The minimum absolute atomic E-state index is 0.0778. The topological polar surface area (TPSA) is 97.0 Å². The number of benzene rings is 1. The van der Waals surface area contributed by atoms with Gasteiger partial charge in [-0.1, -0.05) is 44.1 Å². The van der Waals surface area contributed by atoms with Gasteiger partial charge in [-0.25, -0.2) is 0 Å². The molecule has 1 aliphatic carbocycles. The van der Waals surface area contributed by atoms with Gasteiger partial charge in [-0.15, -0.1) is 0 Å². The number of nitrogens with zero attached hydrogens (tertiary/aromatic N) is 1. The summed E-state index contributed by atoms with van der Waals surface area (Å²) in [5.74, 6) is -1.77. The summed E-state index contributed by atoms with van der Waals surface area (Å²) in [5.41, 5.74) is 0.560. The molecule has 0 aromatic heterocycles. The zero-order chi connectivity index (χ0) is 24.7. The highest BCUT2D eigenvalue weighted by Gasteiger charge is 2.72. The second kappa shape index (κ2) is 9.39. The number of aryl methyl sites for hydroxylation is 1. The van der Waals surface area contributed by atoms with Crippen molar-refractivity contribution in [3.63, 3.8) is 0 Å². The molecular weight excluding hydrogens is 446 g/mol. The molecule has 3 amide bonds. The van der Waals surface area contributed by atoms with Gasteiger partial charge in [0, 0.05) is 25.4 Å². The summed E-state index contributed by atoms with van der Waals surface area (Å²) in [6, 6.07) is 6.80. The SMILES string of the molecule is COCCN1C(=O)[C@H]2[C@H](C(=O)Nc3cccc(C)c3)[C@H]3C=C[C@@]2(O3)[C@@H]1C(=O)N[C@@H]1CCCC[C@H]1C. The Hall–Kier alpha value is -2.71. The van der Waals surface area contributed by atoms with Crippen LogP contribution in [0.2, 0.25) is 0 Å². The highest BCUT2D eigenvalue weighted by atomic mass is 16.5. The summed E-state index contributed by atoms with van der Waals surface area (Å²) < 4.78 is 11.6. The van der Waals surface area contributed by atoms with Crippen LogP contribution in [0.5, 0.6) is 0 Å². The summed E-state index contributed by atoms with van der Waals surface area (Å²) >= 11 is 0. The lowest BCUT2D eigenvalue weighted by atomic mass is 9.74. The van der Waals surface area contributed by atoms with Gasteiger partial charge >= 0.3 is 0 Å². The van der Waals surface area contributed by atoms with Crippen molar-refractivity contribution in [3.05, 3.63) is 42.0 Å². The van der Waals surface area contributed by atoms with Crippen LogP contribution in [-0.4, -0.2) is 66.7 Å². The Labute approximate surface area is 206 Å². The molecule has 4 aliphatic rings. The van der Waals surface area contributed by atoms with Gasteiger partial charge in [-0.3, -0.25) is 14.4 Å². The third-order valence-corrected chi connectivity index (χ3v) is 8.19. The van der Waals surface area contributed by atoms with Gasteiger partial charge < -0.3 is 25.0 Å². The molecule has 1 aromatic rings. The fourth-order valence-electron chi connectivity index (χ4n) is 6.44. The maximum Gasteiger partial charge on any atom is 0.246 e. The first-order valence-corrected chi connectivity index (χ1v) is 12.7. The van der Waals surface area contributed by atoms with Crippen LogP contribution < -0.4 is 10.6 Å². The predicted octanol–water partition coefficient (Wildman–Crippen LogP) is 2.43. The number of hydrogen-bond donors (Lipinski definition) is 2. The van der Waals surface area contributed by atoms with Crippen LogP contribution in [0.15, 0.2) is 36.4 Å². The van der Waals surface area contributed by atoms with E-state index in [9.17, 15) is 14.4 Å². The first-order valence-electron chi connectivity index (χ1n) is 12.7. The first kappa shape index (κ1) is 24.0. The molecule has 3 fully saturated rings. The van der Waals surface area contributed by atoms with Crippen LogP contribution >= 0.6 is 0 Å². The van der Waals surface area contributed by atoms with Gasteiger partial charge in [0.05, 0.1) is 24.5 Å². The maximum atomic E-state index is 13.8. The Balaban J connectivity index is 1.43. The smallest absolute Gasteiger partial charge is 0.246 e. The molecule has 7 atom stereocenters. The number of nitrogens with one attached hydrogen (secondary N) is 2. The van der Waals surface area contributed by atoms with Crippen molar-refractivity contribution in [1.29, 1.82) is 0 Å². The fourth-order valence-corrected chi connectivity index (χ4v) is 6.44. The van der Waals surface area contributed by atoms with E-state index >= 15 is 0 Å². The summed E-state index contributed by atoms with van der Waals surface area (Å²) in [7, 11) is 1.57. The first-order chi connectivity index (χ1) is 16.9. The van der Waals surface area contributed by atoms with Crippen molar-refractivity contribution < 1.29 is 23.9 Å². The largest absolute Gasteiger partial charge is 0.383 e. The van der Waals surface area contributed by atoms with E-state index in [1.807, 2.05) is 43.3 Å². The third kappa shape index (κ3) is 4.06. The zero-order valence-corrected chi connectivity index (χ0v) is 20.7. The number of methoxy groups -OCH3 is 1. The Kier molecular flexibility index (Phi) is 6.44. The number of fused-ring (bicyclic) bond motifs is 1. The predicted molar refractivity (Wildman–Crippen MR) is 130 cm³/mol. The average Bonchev–Trinajstić information content (AvgIpc) is 3.46. The molecule has 2 saturated heterocycles. The van der Waals surface area contributed by atoms with Gasteiger partial charge in [0.25, 0.3) is 0 Å². The lowest BCUT2D eigenvalue weighted by Crippen LogP contribution is -2.57. The lowest BCUT2D eigenvalue weighted by Gasteiger charge is -2.35. The van der Waals surface area contributed by atoms with Crippen LogP contribution in [-0.2, 0) is 23.9 Å². The van der Waals surface area contributed by atoms with E-state index in [4.69, 9.17) is 9.47 Å². The number of amides is 3. The number of anilines is 1. The summed E-state index contributed by atoms with van der Waals surface area (Å²) in [4.78, 5) is 42.5. The molecule has 188 valence electrons. The molecule has 0 unspecified atom stereocenters. The van der Waals surface area contributed by atoms with Crippen LogP contribution in [0.4, 0.5) is 5.69 Å². The van der Waals surface area contributed by atoms with Gasteiger partial charge in [-0.2, -0.15) is 0 Å².